The van der Waals surface area contributed by atoms with Gasteiger partial charge in [0.25, 0.3) is 5.56 Å². The van der Waals surface area contributed by atoms with E-state index in [-0.39, 0.29) is 5.56 Å². The third kappa shape index (κ3) is 2.50. The van der Waals surface area contributed by atoms with Crippen molar-refractivity contribution in [1.29, 1.82) is 0 Å². The maximum Gasteiger partial charge on any atom is 0.251 e. The third-order valence-electron chi connectivity index (χ3n) is 1.90. The smallest absolute Gasteiger partial charge is 0.251 e. The number of aryl methyl sites for hydroxylation is 2. The van der Waals surface area contributed by atoms with Crippen molar-refractivity contribution < 1.29 is 0 Å². The molecule has 0 saturated heterocycles. The van der Waals surface area contributed by atoms with E-state index in [1.165, 1.54) is 6.07 Å². The van der Waals surface area contributed by atoms with E-state index < -0.39 is 0 Å². The van der Waals surface area contributed by atoms with E-state index in [0.717, 1.165) is 16.4 Å². The topological polar surface area (TPSA) is 58.6 Å². The van der Waals surface area contributed by atoms with Gasteiger partial charge in [-0.05, 0) is 13.8 Å². The number of thiazole rings is 1. The summed E-state index contributed by atoms with van der Waals surface area (Å²) in [6.07, 6.45) is 0.593. The van der Waals surface area contributed by atoms with E-state index in [4.69, 9.17) is 0 Å². The van der Waals surface area contributed by atoms with Gasteiger partial charge in [-0.1, -0.05) is 0 Å². The largest absolute Gasteiger partial charge is 0.310 e. The Labute approximate surface area is 91.0 Å². The molecular formula is C10H11N3OS. The molecule has 15 heavy (non-hydrogen) atoms. The van der Waals surface area contributed by atoms with Crippen LogP contribution in [-0.4, -0.2) is 15.0 Å². The molecule has 2 aromatic heterocycles. The SMILES string of the molecule is Cc1cc(=O)[nH]c(Cc2nc(C)cs2)n1. The summed E-state index contributed by atoms with van der Waals surface area (Å²) in [7, 11) is 0. The summed E-state index contributed by atoms with van der Waals surface area (Å²) in [5, 5.41) is 2.96. The van der Waals surface area contributed by atoms with Crippen LogP contribution in [0.1, 0.15) is 22.2 Å². The van der Waals surface area contributed by atoms with Gasteiger partial charge in [-0.25, -0.2) is 9.97 Å². The van der Waals surface area contributed by atoms with Crippen LogP contribution in [0.3, 0.4) is 0 Å². The van der Waals surface area contributed by atoms with Crippen LogP contribution in [0.5, 0.6) is 0 Å². The van der Waals surface area contributed by atoms with Gasteiger partial charge in [0.2, 0.25) is 0 Å². The Hall–Kier alpha value is -1.49. The summed E-state index contributed by atoms with van der Waals surface area (Å²) in [4.78, 5) is 22.5. The van der Waals surface area contributed by atoms with Gasteiger partial charge in [0.15, 0.2) is 0 Å². The second-order valence-electron chi connectivity index (χ2n) is 3.39. The molecule has 0 unspecified atom stereocenters. The van der Waals surface area contributed by atoms with Gasteiger partial charge in [0.1, 0.15) is 10.8 Å². The highest BCUT2D eigenvalue weighted by atomic mass is 32.1. The van der Waals surface area contributed by atoms with Crippen LogP contribution in [0, 0.1) is 13.8 Å². The zero-order chi connectivity index (χ0) is 10.8. The van der Waals surface area contributed by atoms with Crippen molar-refractivity contribution in [3.8, 4) is 0 Å². The van der Waals surface area contributed by atoms with Gasteiger partial charge in [-0.3, -0.25) is 4.79 Å². The first kappa shape index (κ1) is 10.0. The predicted octanol–water partition coefficient (Wildman–Crippen LogP) is 1.43. The number of rotatable bonds is 2. The summed E-state index contributed by atoms with van der Waals surface area (Å²) >= 11 is 1.58. The normalized spacial score (nSPS) is 10.5. The molecule has 0 atom stereocenters. The molecular weight excluding hydrogens is 210 g/mol. The summed E-state index contributed by atoms with van der Waals surface area (Å²) in [6.45, 7) is 3.76. The van der Waals surface area contributed by atoms with Gasteiger partial charge in [0.05, 0.1) is 6.42 Å². The van der Waals surface area contributed by atoms with Crippen molar-refractivity contribution in [2.75, 3.05) is 0 Å². The zero-order valence-electron chi connectivity index (χ0n) is 8.57. The van der Waals surface area contributed by atoms with Crippen molar-refractivity contribution in [1.82, 2.24) is 15.0 Å². The second-order valence-corrected chi connectivity index (χ2v) is 4.34. The molecule has 78 valence electrons. The van der Waals surface area contributed by atoms with Gasteiger partial charge >= 0.3 is 0 Å². The average Bonchev–Trinajstić information content (AvgIpc) is 2.49. The number of nitrogens with zero attached hydrogens (tertiary/aromatic N) is 2. The summed E-state index contributed by atoms with van der Waals surface area (Å²) in [6, 6.07) is 1.48. The number of aromatic nitrogens is 3. The summed E-state index contributed by atoms with van der Waals surface area (Å²) in [5.41, 5.74) is 1.64. The number of hydrogen-bond donors (Lipinski definition) is 1. The van der Waals surface area contributed by atoms with E-state index in [0.29, 0.717) is 12.2 Å². The van der Waals surface area contributed by atoms with Crippen LogP contribution >= 0.6 is 11.3 Å². The van der Waals surface area contributed by atoms with Crippen LogP contribution in [0.2, 0.25) is 0 Å². The Morgan fingerprint density at radius 2 is 2.13 bits per heavy atom. The maximum absolute atomic E-state index is 11.2. The van der Waals surface area contributed by atoms with Crippen molar-refractivity contribution in [2.24, 2.45) is 0 Å². The van der Waals surface area contributed by atoms with Crippen LogP contribution in [0.4, 0.5) is 0 Å². The highest BCUT2D eigenvalue weighted by Gasteiger charge is 2.03. The van der Waals surface area contributed by atoms with Crippen LogP contribution < -0.4 is 5.56 Å². The van der Waals surface area contributed by atoms with Crippen LogP contribution in [0.15, 0.2) is 16.2 Å². The van der Waals surface area contributed by atoms with E-state index in [1.54, 1.807) is 11.3 Å². The lowest BCUT2D eigenvalue weighted by molar-refractivity contribution is 0.911. The van der Waals surface area contributed by atoms with Gasteiger partial charge < -0.3 is 4.98 Å². The van der Waals surface area contributed by atoms with Gasteiger partial charge in [-0.15, -0.1) is 11.3 Å². The molecule has 2 rings (SSSR count). The molecule has 0 bridgehead atoms. The second kappa shape index (κ2) is 3.94. The minimum Gasteiger partial charge on any atom is -0.310 e. The highest BCUT2D eigenvalue weighted by Crippen LogP contribution is 2.11. The van der Waals surface area contributed by atoms with Crippen molar-refractivity contribution in [3.63, 3.8) is 0 Å². The molecule has 0 amide bonds. The summed E-state index contributed by atoms with van der Waals surface area (Å²) < 4.78 is 0. The molecule has 0 aliphatic heterocycles. The predicted molar refractivity (Wildman–Crippen MR) is 59.3 cm³/mol. The molecule has 0 aromatic carbocycles. The molecule has 1 N–H and O–H groups in total. The standard InChI is InChI=1S/C10H11N3OS/c1-6-3-9(14)13-8(11-6)4-10-12-7(2)5-15-10/h3,5H,4H2,1-2H3,(H,11,13,14). The van der Waals surface area contributed by atoms with E-state index in [9.17, 15) is 4.79 Å². The first-order valence-corrected chi connectivity index (χ1v) is 5.49. The van der Waals surface area contributed by atoms with Crippen molar-refractivity contribution >= 4 is 11.3 Å². The lowest BCUT2D eigenvalue weighted by Crippen LogP contribution is -2.11. The fourth-order valence-corrected chi connectivity index (χ4v) is 2.13. The van der Waals surface area contributed by atoms with Crippen molar-refractivity contribution in [2.45, 2.75) is 20.3 Å². The molecule has 5 heteroatoms. The lowest BCUT2D eigenvalue weighted by atomic mass is 10.3. The fourth-order valence-electron chi connectivity index (χ4n) is 1.35. The lowest BCUT2D eigenvalue weighted by Gasteiger charge is -1.98. The third-order valence-corrected chi connectivity index (χ3v) is 2.87. The monoisotopic (exact) mass is 221 g/mol. The molecule has 2 heterocycles. The molecule has 0 aliphatic rings. The Kier molecular flexibility index (Phi) is 2.64. The molecule has 0 aliphatic carbocycles. The molecule has 0 fully saturated rings. The number of aromatic amines is 1. The van der Waals surface area contributed by atoms with Crippen molar-refractivity contribution in [3.05, 3.63) is 44.0 Å². The molecule has 0 radical (unpaired) electrons. The molecule has 0 saturated carbocycles. The molecule has 0 spiro atoms. The van der Waals surface area contributed by atoms with Crippen LogP contribution in [0.25, 0.3) is 0 Å². The zero-order valence-corrected chi connectivity index (χ0v) is 9.39. The van der Waals surface area contributed by atoms with Crippen LogP contribution in [-0.2, 0) is 6.42 Å². The first-order valence-electron chi connectivity index (χ1n) is 4.61. The highest BCUT2D eigenvalue weighted by molar-refractivity contribution is 7.09. The van der Waals surface area contributed by atoms with E-state index >= 15 is 0 Å². The minimum absolute atomic E-state index is 0.106. The van der Waals surface area contributed by atoms with Gasteiger partial charge in [-0.2, -0.15) is 0 Å². The maximum atomic E-state index is 11.2. The average molecular weight is 221 g/mol. The first-order chi connectivity index (χ1) is 7.13. The van der Waals surface area contributed by atoms with E-state index in [1.807, 2.05) is 19.2 Å². The Balaban J connectivity index is 2.28. The fraction of sp³-hybridized carbons (Fsp3) is 0.300. The quantitative estimate of drug-likeness (QED) is 0.834. The number of hydrogen-bond acceptors (Lipinski definition) is 4. The van der Waals surface area contributed by atoms with Gasteiger partial charge in [0, 0.05) is 22.8 Å². The number of nitrogens with one attached hydrogen (secondary N) is 1. The Bertz CT molecular complexity index is 529. The summed E-state index contributed by atoms with van der Waals surface area (Å²) in [5.74, 6) is 0.675. The Morgan fingerprint density at radius 1 is 1.33 bits per heavy atom. The molecule has 2 aromatic rings. The van der Waals surface area contributed by atoms with E-state index in [2.05, 4.69) is 15.0 Å². The Morgan fingerprint density at radius 3 is 2.73 bits per heavy atom. The number of H-pyrrole nitrogens is 1. The minimum atomic E-state index is -0.106. The molecule has 4 nitrogen and oxygen atoms in total.